The highest BCUT2D eigenvalue weighted by atomic mass is 16.3. The number of carbonyl (C=O) groups is 2. The number of rotatable bonds is 9. The first-order valence-corrected chi connectivity index (χ1v) is 15.5. The average Bonchev–Trinajstić information content (AvgIpc) is 3.29. The molecular formula is C33H46N6O3. The molecule has 0 radical (unpaired) electrons. The monoisotopic (exact) mass is 574 g/mol. The number of likely N-dealkylation sites (tertiary alicyclic amines) is 1. The summed E-state index contributed by atoms with van der Waals surface area (Å²) in [6, 6.07) is 9.96. The van der Waals surface area contributed by atoms with Crippen molar-refractivity contribution in [2.24, 2.45) is 17.8 Å². The summed E-state index contributed by atoms with van der Waals surface area (Å²) in [6.45, 7) is 11.3. The molecule has 1 saturated carbocycles. The predicted molar refractivity (Wildman–Crippen MR) is 165 cm³/mol. The van der Waals surface area contributed by atoms with E-state index in [1.165, 1.54) is 5.56 Å². The van der Waals surface area contributed by atoms with Gasteiger partial charge in [-0.05, 0) is 121 Å². The summed E-state index contributed by atoms with van der Waals surface area (Å²) < 4.78 is 2.16. The molecule has 0 bridgehead atoms. The van der Waals surface area contributed by atoms with E-state index < -0.39 is 5.60 Å². The van der Waals surface area contributed by atoms with Gasteiger partial charge in [0.1, 0.15) is 0 Å². The number of imidazole rings is 1. The van der Waals surface area contributed by atoms with Gasteiger partial charge in [0.25, 0.3) is 5.91 Å². The van der Waals surface area contributed by atoms with Gasteiger partial charge in [0.05, 0.1) is 16.6 Å². The standard InChI is InChI=1S/C33H46N6O3/c1-22(2)35-30(40)25-8-5-23(6-9-25)21-39-29-19-24(20-38-17-13-27(14-18-38)33(3,4)42)7-10-28(29)36-32(39)37-31(41)26-11-15-34-16-12-26/h7,10-12,15-16,19,22-23,25,27,42H,5-6,8-9,13-14,17-18,20-21H2,1-4H3,(H,35,40)(H,36,37,41). The Hall–Kier alpha value is -3.30. The van der Waals surface area contributed by atoms with E-state index in [-0.39, 0.29) is 23.8 Å². The van der Waals surface area contributed by atoms with Gasteiger partial charge in [0, 0.05) is 43.0 Å². The number of hydrogen-bond acceptors (Lipinski definition) is 6. The lowest BCUT2D eigenvalue weighted by Crippen LogP contribution is -2.41. The van der Waals surface area contributed by atoms with Gasteiger partial charge in [-0.25, -0.2) is 4.98 Å². The fraction of sp³-hybridized carbons (Fsp3) is 0.576. The molecule has 1 aromatic carbocycles. The molecule has 1 saturated heterocycles. The lowest BCUT2D eigenvalue weighted by molar-refractivity contribution is -0.126. The molecule has 0 spiro atoms. The Labute approximate surface area is 249 Å². The van der Waals surface area contributed by atoms with Crippen LogP contribution in [-0.2, 0) is 17.9 Å². The molecule has 3 aromatic rings. The summed E-state index contributed by atoms with van der Waals surface area (Å²) in [4.78, 5) is 37.0. The van der Waals surface area contributed by atoms with E-state index >= 15 is 0 Å². The van der Waals surface area contributed by atoms with Crippen LogP contribution in [0.1, 0.15) is 82.1 Å². The second-order valence-electron chi connectivity index (χ2n) is 13.1. The molecule has 9 heteroatoms. The van der Waals surface area contributed by atoms with Crippen LogP contribution in [0.15, 0.2) is 42.7 Å². The van der Waals surface area contributed by atoms with E-state index in [2.05, 4.69) is 43.3 Å². The number of aromatic nitrogens is 3. The van der Waals surface area contributed by atoms with Crippen molar-refractivity contribution < 1.29 is 14.7 Å². The Kier molecular flexibility index (Phi) is 9.28. The van der Waals surface area contributed by atoms with Crippen molar-refractivity contribution in [3.63, 3.8) is 0 Å². The van der Waals surface area contributed by atoms with Crippen LogP contribution >= 0.6 is 0 Å². The van der Waals surface area contributed by atoms with Crippen molar-refractivity contribution in [2.75, 3.05) is 18.4 Å². The molecule has 1 aliphatic heterocycles. The van der Waals surface area contributed by atoms with Gasteiger partial charge in [0.2, 0.25) is 11.9 Å². The summed E-state index contributed by atoms with van der Waals surface area (Å²) >= 11 is 0. The van der Waals surface area contributed by atoms with Gasteiger partial charge in [-0.2, -0.15) is 0 Å². The quantitative estimate of drug-likeness (QED) is 0.332. The number of piperidine rings is 1. The second kappa shape index (κ2) is 12.9. The van der Waals surface area contributed by atoms with Crippen molar-refractivity contribution in [3.8, 4) is 0 Å². The van der Waals surface area contributed by atoms with Gasteiger partial charge >= 0.3 is 0 Å². The van der Waals surface area contributed by atoms with Gasteiger partial charge in [-0.1, -0.05) is 6.07 Å². The zero-order chi connectivity index (χ0) is 29.9. The molecule has 2 aliphatic rings. The number of aliphatic hydroxyl groups is 1. The largest absolute Gasteiger partial charge is 0.390 e. The Morgan fingerprint density at radius 2 is 1.71 bits per heavy atom. The number of nitrogens with zero attached hydrogens (tertiary/aromatic N) is 4. The van der Waals surface area contributed by atoms with E-state index in [0.29, 0.717) is 23.3 Å². The first kappa shape index (κ1) is 30.2. The van der Waals surface area contributed by atoms with Crippen LogP contribution in [-0.4, -0.2) is 61.1 Å². The fourth-order valence-corrected chi connectivity index (χ4v) is 6.55. The second-order valence-corrected chi connectivity index (χ2v) is 13.1. The van der Waals surface area contributed by atoms with Crippen molar-refractivity contribution in [1.82, 2.24) is 24.8 Å². The number of amides is 2. The molecule has 226 valence electrons. The molecular weight excluding hydrogens is 528 g/mol. The molecule has 0 unspecified atom stereocenters. The molecule has 3 heterocycles. The van der Waals surface area contributed by atoms with Crippen LogP contribution in [0.4, 0.5) is 5.95 Å². The van der Waals surface area contributed by atoms with E-state index in [4.69, 9.17) is 4.98 Å². The molecule has 1 aliphatic carbocycles. The molecule has 2 amide bonds. The lowest BCUT2D eigenvalue weighted by Gasteiger charge is -2.37. The molecule has 9 nitrogen and oxygen atoms in total. The number of hydrogen-bond donors (Lipinski definition) is 3. The minimum Gasteiger partial charge on any atom is -0.390 e. The van der Waals surface area contributed by atoms with Crippen LogP contribution in [0.5, 0.6) is 0 Å². The minimum atomic E-state index is -0.633. The molecule has 3 N–H and O–H groups in total. The molecule has 42 heavy (non-hydrogen) atoms. The van der Waals surface area contributed by atoms with Crippen LogP contribution in [0.25, 0.3) is 11.0 Å². The summed E-state index contributed by atoms with van der Waals surface area (Å²) in [6.07, 6.45) is 8.89. The molecule has 2 aromatic heterocycles. The third kappa shape index (κ3) is 7.36. The van der Waals surface area contributed by atoms with Crippen molar-refractivity contribution in [1.29, 1.82) is 0 Å². The number of pyridine rings is 1. The van der Waals surface area contributed by atoms with E-state index in [9.17, 15) is 14.7 Å². The zero-order valence-corrected chi connectivity index (χ0v) is 25.5. The maximum atomic E-state index is 13.1. The first-order valence-electron chi connectivity index (χ1n) is 15.5. The lowest BCUT2D eigenvalue weighted by atomic mass is 9.81. The molecule has 2 fully saturated rings. The number of anilines is 1. The van der Waals surface area contributed by atoms with Crippen molar-refractivity contribution in [3.05, 3.63) is 53.9 Å². The Morgan fingerprint density at radius 1 is 1.02 bits per heavy atom. The minimum absolute atomic E-state index is 0.0706. The summed E-state index contributed by atoms with van der Waals surface area (Å²) in [5.41, 5.74) is 2.99. The Bertz CT molecular complexity index is 1360. The third-order valence-corrected chi connectivity index (χ3v) is 9.06. The molecule has 5 rings (SSSR count). The normalized spacial score (nSPS) is 20.6. The zero-order valence-electron chi connectivity index (χ0n) is 25.5. The SMILES string of the molecule is CC(C)NC(=O)C1CCC(Cn2c(NC(=O)c3ccncc3)nc3ccc(CN4CCC(C(C)(C)O)CC4)cc32)CC1. The Morgan fingerprint density at radius 3 is 2.36 bits per heavy atom. The topological polar surface area (TPSA) is 112 Å². The number of benzene rings is 1. The highest BCUT2D eigenvalue weighted by Gasteiger charge is 2.31. The fourth-order valence-electron chi connectivity index (χ4n) is 6.55. The maximum Gasteiger partial charge on any atom is 0.258 e. The average molecular weight is 575 g/mol. The van der Waals surface area contributed by atoms with Crippen molar-refractivity contribution >= 4 is 28.8 Å². The van der Waals surface area contributed by atoms with Crippen LogP contribution in [0.3, 0.4) is 0 Å². The van der Waals surface area contributed by atoms with E-state index in [0.717, 1.165) is 75.7 Å². The summed E-state index contributed by atoms with van der Waals surface area (Å²) in [5, 5.41) is 16.6. The molecule has 0 atom stereocenters. The Balaban J connectivity index is 1.34. The number of nitrogens with one attached hydrogen (secondary N) is 2. The van der Waals surface area contributed by atoms with Gasteiger partial charge in [-0.3, -0.25) is 24.8 Å². The van der Waals surface area contributed by atoms with Gasteiger partial charge < -0.3 is 15.0 Å². The first-order chi connectivity index (χ1) is 20.1. The third-order valence-electron chi connectivity index (χ3n) is 9.06. The predicted octanol–water partition coefficient (Wildman–Crippen LogP) is 5.00. The van der Waals surface area contributed by atoms with Crippen LogP contribution in [0, 0.1) is 17.8 Å². The number of fused-ring (bicyclic) bond motifs is 1. The highest BCUT2D eigenvalue weighted by molar-refractivity contribution is 6.04. The van der Waals surface area contributed by atoms with E-state index in [1.807, 2.05) is 27.7 Å². The maximum absolute atomic E-state index is 13.1. The van der Waals surface area contributed by atoms with Gasteiger partial charge in [-0.15, -0.1) is 0 Å². The van der Waals surface area contributed by atoms with Gasteiger partial charge in [0.15, 0.2) is 0 Å². The van der Waals surface area contributed by atoms with E-state index in [1.54, 1.807) is 24.5 Å². The van der Waals surface area contributed by atoms with Crippen molar-refractivity contribution in [2.45, 2.75) is 91.0 Å². The smallest absolute Gasteiger partial charge is 0.258 e. The van der Waals surface area contributed by atoms with Crippen LogP contribution < -0.4 is 10.6 Å². The highest BCUT2D eigenvalue weighted by Crippen LogP contribution is 2.33. The summed E-state index contributed by atoms with van der Waals surface area (Å²) in [5.74, 6) is 1.30. The summed E-state index contributed by atoms with van der Waals surface area (Å²) in [7, 11) is 0. The van der Waals surface area contributed by atoms with Crippen LogP contribution in [0.2, 0.25) is 0 Å². The number of carbonyl (C=O) groups excluding carboxylic acids is 2.